The fourth-order valence-corrected chi connectivity index (χ4v) is 2.72. The van der Waals surface area contributed by atoms with Crippen LogP contribution in [0.5, 0.6) is 17.2 Å². The Hall–Kier alpha value is -3.48. The molecule has 1 N–H and O–H groups in total. The molecule has 0 spiro atoms. The van der Waals surface area contributed by atoms with Crippen molar-refractivity contribution in [1.82, 2.24) is 4.98 Å². The lowest BCUT2D eigenvalue weighted by molar-refractivity contribution is -0.115. The van der Waals surface area contributed by atoms with Gasteiger partial charge in [0.25, 0.3) is 0 Å². The van der Waals surface area contributed by atoms with Crippen molar-refractivity contribution in [3.05, 3.63) is 53.9 Å². The molecule has 0 bridgehead atoms. The van der Waals surface area contributed by atoms with Crippen molar-refractivity contribution < 1.29 is 23.4 Å². The lowest BCUT2D eigenvalue weighted by Crippen LogP contribution is -2.15. The molecule has 2 aromatic carbocycles. The summed E-state index contributed by atoms with van der Waals surface area (Å²) in [5.74, 6) is 2.76. The number of carbonyl (C=O) groups excluding carboxylic acids is 1. The SMILES string of the molecule is COc1ccc(-c2nc(CC(=O)Nc3ccc(OC)c(OC)c3)c(C)o2)cc1. The first kappa shape index (κ1) is 19.3. The van der Waals surface area contributed by atoms with Crippen LogP contribution in [-0.4, -0.2) is 32.2 Å². The monoisotopic (exact) mass is 382 g/mol. The minimum Gasteiger partial charge on any atom is -0.497 e. The lowest BCUT2D eigenvalue weighted by atomic mass is 10.2. The molecule has 1 amide bonds. The lowest BCUT2D eigenvalue weighted by Gasteiger charge is -2.10. The second-order valence-electron chi connectivity index (χ2n) is 6.05. The number of ether oxygens (including phenoxy) is 3. The molecule has 0 unspecified atom stereocenters. The fourth-order valence-electron chi connectivity index (χ4n) is 2.72. The number of rotatable bonds is 7. The summed E-state index contributed by atoms with van der Waals surface area (Å²) < 4.78 is 21.3. The number of aromatic nitrogens is 1. The Balaban J connectivity index is 1.71. The van der Waals surface area contributed by atoms with Gasteiger partial charge in [0.05, 0.1) is 33.4 Å². The third kappa shape index (κ3) is 4.25. The van der Waals surface area contributed by atoms with E-state index in [2.05, 4.69) is 10.3 Å². The molecule has 3 aromatic rings. The molecule has 7 nitrogen and oxygen atoms in total. The molecule has 146 valence electrons. The van der Waals surface area contributed by atoms with Gasteiger partial charge in [0.15, 0.2) is 11.5 Å². The zero-order valence-corrected chi connectivity index (χ0v) is 16.2. The van der Waals surface area contributed by atoms with Crippen LogP contribution < -0.4 is 19.5 Å². The van der Waals surface area contributed by atoms with Crippen LogP contribution >= 0.6 is 0 Å². The van der Waals surface area contributed by atoms with E-state index in [-0.39, 0.29) is 12.3 Å². The fraction of sp³-hybridized carbons (Fsp3) is 0.238. The Bertz CT molecular complexity index is 963. The standard InChI is InChI=1S/C21H22N2O5/c1-13-17(23-21(28-13)14-5-8-16(25-2)9-6-14)12-20(24)22-15-7-10-18(26-3)19(11-15)27-4/h5-11H,12H2,1-4H3,(H,22,24). The first-order valence-corrected chi connectivity index (χ1v) is 8.66. The van der Waals surface area contributed by atoms with Crippen molar-refractivity contribution in [1.29, 1.82) is 0 Å². The molecule has 0 aliphatic carbocycles. The third-order valence-electron chi connectivity index (χ3n) is 4.22. The minimum atomic E-state index is -0.204. The Morgan fingerprint density at radius 1 is 1.00 bits per heavy atom. The van der Waals surface area contributed by atoms with Gasteiger partial charge >= 0.3 is 0 Å². The highest BCUT2D eigenvalue weighted by molar-refractivity contribution is 5.92. The van der Waals surface area contributed by atoms with E-state index in [9.17, 15) is 4.79 Å². The van der Waals surface area contributed by atoms with Crippen LogP contribution in [0.1, 0.15) is 11.5 Å². The molecule has 7 heteroatoms. The molecule has 3 rings (SSSR count). The van der Waals surface area contributed by atoms with E-state index in [4.69, 9.17) is 18.6 Å². The molecule has 0 saturated carbocycles. The van der Waals surface area contributed by atoms with Gasteiger partial charge in [-0.15, -0.1) is 0 Å². The Morgan fingerprint density at radius 2 is 1.71 bits per heavy atom. The topological polar surface area (TPSA) is 82.8 Å². The Kier molecular flexibility index (Phi) is 5.84. The number of oxazole rings is 1. The predicted molar refractivity (Wildman–Crippen MR) is 105 cm³/mol. The van der Waals surface area contributed by atoms with Gasteiger partial charge in [0.2, 0.25) is 11.8 Å². The third-order valence-corrected chi connectivity index (χ3v) is 4.22. The smallest absolute Gasteiger partial charge is 0.230 e. The van der Waals surface area contributed by atoms with Crippen LogP contribution in [0.2, 0.25) is 0 Å². The largest absolute Gasteiger partial charge is 0.497 e. The van der Waals surface area contributed by atoms with E-state index in [0.717, 1.165) is 11.3 Å². The van der Waals surface area contributed by atoms with Gasteiger partial charge in [-0.1, -0.05) is 0 Å². The van der Waals surface area contributed by atoms with Crippen LogP contribution in [0, 0.1) is 6.92 Å². The Morgan fingerprint density at radius 3 is 2.36 bits per heavy atom. The van der Waals surface area contributed by atoms with Gasteiger partial charge in [0.1, 0.15) is 11.5 Å². The number of anilines is 1. The summed E-state index contributed by atoms with van der Waals surface area (Å²) in [6.45, 7) is 1.79. The van der Waals surface area contributed by atoms with Gasteiger partial charge < -0.3 is 23.9 Å². The van der Waals surface area contributed by atoms with Crippen LogP contribution in [0.25, 0.3) is 11.5 Å². The van der Waals surface area contributed by atoms with Crippen molar-refractivity contribution in [3.8, 4) is 28.7 Å². The quantitative estimate of drug-likeness (QED) is 0.668. The second kappa shape index (κ2) is 8.47. The summed E-state index contributed by atoms with van der Waals surface area (Å²) in [7, 11) is 4.71. The van der Waals surface area contributed by atoms with E-state index >= 15 is 0 Å². The highest BCUT2D eigenvalue weighted by Gasteiger charge is 2.15. The highest BCUT2D eigenvalue weighted by atomic mass is 16.5. The maximum atomic E-state index is 12.4. The van der Waals surface area contributed by atoms with Crippen molar-refractivity contribution >= 4 is 11.6 Å². The first-order valence-electron chi connectivity index (χ1n) is 8.66. The minimum absolute atomic E-state index is 0.0971. The summed E-state index contributed by atoms with van der Waals surface area (Å²) in [4.78, 5) is 16.9. The summed E-state index contributed by atoms with van der Waals surface area (Å²) in [6, 6.07) is 12.6. The zero-order valence-electron chi connectivity index (χ0n) is 16.2. The van der Waals surface area contributed by atoms with Crippen molar-refractivity contribution in [3.63, 3.8) is 0 Å². The van der Waals surface area contributed by atoms with Gasteiger partial charge in [-0.25, -0.2) is 4.98 Å². The van der Waals surface area contributed by atoms with Crippen LogP contribution in [0.4, 0.5) is 5.69 Å². The second-order valence-corrected chi connectivity index (χ2v) is 6.05. The van der Waals surface area contributed by atoms with E-state index in [0.29, 0.717) is 34.5 Å². The molecule has 0 radical (unpaired) electrons. The van der Waals surface area contributed by atoms with Crippen molar-refractivity contribution in [2.75, 3.05) is 26.6 Å². The first-order chi connectivity index (χ1) is 13.5. The maximum Gasteiger partial charge on any atom is 0.230 e. The number of methoxy groups -OCH3 is 3. The van der Waals surface area contributed by atoms with Crippen LogP contribution in [-0.2, 0) is 11.2 Å². The number of hydrogen-bond acceptors (Lipinski definition) is 6. The number of carbonyl (C=O) groups is 1. The van der Waals surface area contributed by atoms with E-state index in [1.807, 2.05) is 24.3 Å². The number of benzene rings is 2. The maximum absolute atomic E-state index is 12.4. The summed E-state index contributed by atoms with van der Waals surface area (Å²) in [6.07, 6.45) is 0.0971. The number of amides is 1. The van der Waals surface area contributed by atoms with Gasteiger partial charge in [-0.05, 0) is 43.3 Å². The number of hydrogen-bond donors (Lipinski definition) is 1. The van der Waals surface area contributed by atoms with Crippen LogP contribution in [0.3, 0.4) is 0 Å². The number of nitrogens with zero attached hydrogens (tertiary/aromatic N) is 1. The summed E-state index contributed by atoms with van der Waals surface area (Å²) >= 11 is 0. The Labute approximate surface area is 163 Å². The van der Waals surface area contributed by atoms with Crippen molar-refractivity contribution in [2.24, 2.45) is 0 Å². The van der Waals surface area contributed by atoms with Gasteiger partial charge in [0, 0.05) is 17.3 Å². The normalized spacial score (nSPS) is 10.4. The molecule has 0 aliphatic rings. The number of nitrogens with one attached hydrogen (secondary N) is 1. The molecule has 0 fully saturated rings. The van der Waals surface area contributed by atoms with Crippen LogP contribution in [0.15, 0.2) is 46.9 Å². The molecule has 1 heterocycles. The molecule has 1 aromatic heterocycles. The highest BCUT2D eigenvalue weighted by Crippen LogP contribution is 2.30. The molecular formula is C21H22N2O5. The molecule has 28 heavy (non-hydrogen) atoms. The number of aryl methyl sites for hydroxylation is 1. The zero-order chi connectivity index (χ0) is 20.1. The van der Waals surface area contributed by atoms with E-state index in [1.54, 1.807) is 46.5 Å². The molecular weight excluding hydrogens is 360 g/mol. The van der Waals surface area contributed by atoms with E-state index in [1.165, 1.54) is 0 Å². The van der Waals surface area contributed by atoms with Crippen molar-refractivity contribution in [2.45, 2.75) is 13.3 Å². The predicted octanol–water partition coefficient (Wildman–Crippen LogP) is 3.86. The molecule has 0 aliphatic heterocycles. The van der Waals surface area contributed by atoms with Gasteiger partial charge in [-0.3, -0.25) is 4.79 Å². The van der Waals surface area contributed by atoms with E-state index < -0.39 is 0 Å². The van der Waals surface area contributed by atoms with Gasteiger partial charge in [-0.2, -0.15) is 0 Å². The average Bonchev–Trinajstić information content (AvgIpc) is 3.08. The molecule has 0 atom stereocenters. The average molecular weight is 382 g/mol. The molecule has 0 saturated heterocycles. The summed E-state index contributed by atoms with van der Waals surface area (Å²) in [5, 5.41) is 2.84. The summed E-state index contributed by atoms with van der Waals surface area (Å²) in [5.41, 5.74) is 2.01.